The average Bonchev–Trinajstić information content (AvgIpc) is 2.51. The second-order valence-corrected chi connectivity index (χ2v) is 6.31. The molecule has 0 atom stereocenters. The van der Waals surface area contributed by atoms with E-state index in [4.69, 9.17) is 0 Å². The highest BCUT2D eigenvalue weighted by atomic mass is 16.2. The van der Waals surface area contributed by atoms with E-state index in [0.717, 1.165) is 11.3 Å². The second kappa shape index (κ2) is 6.65. The van der Waals surface area contributed by atoms with Crippen LogP contribution in [0, 0.1) is 13.8 Å². The summed E-state index contributed by atoms with van der Waals surface area (Å²) in [6.07, 6.45) is 0. The zero-order valence-electron chi connectivity index (χ0n) is 13.7. The molecule has 2 aromatic rings. The maximum atomic E-state index is 12.1. The fourth-order valence-corrected chi connectivity index (χ4v) is 2.35. The summed E-state index contributed by atoms with van der Waals surface area (Å²) >= 11 is 0. The summed E-state index contributed by atoms with van der Waals surface area (Å²) in [5.41, 5.74) is 4.22. The van der Waals surface area contributed by atoms with E-state index in [1.54, 1.807) is 0 Å². The number of amides is 2. The molecule has 2 rings (SSSR count). The number of aryl methyl sites for hydroxylation is 1. The quantitative estimate of drug-likeness (QED) is 0.862. The van der Waals surface area contributed by atoms with Crippen molar-refractivity contribution in [3.8, 4) is 0 Å². The summed E-state index contributed by atoms with van der Waals surface area (Å²) < 4.78 is 0. The van der Waals surface area contributed by atoms with Crippen LogP contribution in [0.15, 0.2) is 48.5 Å². The Bertz CT molecular complexity index is 648. The number of carbonyl (C=O) groups is 1. The first kappa shape index (κ1) is 16.1. The molecule has 22 heavy (non-hydrogen) atoms. The van der Waals surface area contributed by atoms with Crippen LogP contribution in [0.3, 0.4) is 0 Å². The number of rotatable bonds is 4. The van der Waals surface area contributed by atoms with E-state index in [0.29, 0.717) is 6.54 Å². The lowest BCUT2D eigenvalue weighted by molar-refractivity contribution is 0.249. The summed E-state index contributed by atoms with van der Waals surface area (Å²) in [7, 11) is 0. The first-order valence-electron chi connectivity index (χ1n) is 7.57. The minimum absolute atomic E-state index is 0.111. The number of hydrogen-bond acceptors (Lipinski definition) is 1. The Morgan fingerprint density at radius 3 is 2.36 bits per heavy atom. The summed E-state index contributed by atoms with van der Waals surface area (Å²) in [5.74, 6) is 0. The molecule has 0 saturated heterocycles. The van der Waals surface area contributed by atoms with E-state index in [1.165, 1.54) is 11.1 Å². The van der Waals surface area contributed by atoms with Crippen molar-refractivity contribution < 1.29 is 4.79 Å². The third kappa shape index (κ3) is 3.88. The Morgan fingerprint density at radius 1 is 1.00 bits per heavy atom. The van der Waals surface area contributed by atoms with Crippen molar-refractivity contribution in [1.82, 2.24) is 5.32 Å². The van der Waals surface area contributed by atoms with Crippen molar-refractivity contribution in [2.75, 3.05) is 11.9 Å². The number of urea groups is 1. The predicted octanol–water partition coefficient (Wildman–Crippen LogP) is 4.40. The van der Waals surface area contributed by atoms with Crippen LogP contribution in [0.1, 0.15) is 30.5 Å². The molecule has 2 N–H and O–H groups in total. The molecule has 0 aliphatic rings. The molecule has 0 spiro atoms. The molecule has 0 aliphatic heterocycles. The Hall–Kier alpha value is -2.29. The summed E-state index contributed by atoms with van der Waals surface area (Å²) in [6, 6.07) is 16.0. The maximum absolute atomic E-state index is 12.1. The molecule has 0 saturated carbocycles. The highest BCUT2D eigenvalue weighted by Gasteiger charge is 2.21. The van der Waals surface area contributed by atoms with Crippen molar-refractivity contribution in [2.45, 2.75) is 33.1 Å². The van der Waals surface area contributed by atoms with Crippen LogP contribution in [0.4, 0.5) is 10.5 Å². The monoisotopic (exact) mass is 296 g/mol. The fraction of sp³-hybridized carbons (Fsp3) is 0.316. The Morgan fingerprint density at radius 2 is 1.68 bits per heavy atom. The highest BCUT2D eigenvalue weighted by molar-refractivity contribution is 5.90. The standard InChI is InChI=1S/C19H24N2O/c1-14-9-8-12-17(15(14)2)21-18(22)20-13-19(3,4)16-10-6-5-7-11-16/h5-12H,13H2,1-4H3,(H2,20,21,22). The van der Waals surface area contributed by atoms with Gasteiger partial charge in [0.15, 0.2) is 0 Å². The van der Waals surface area contributed by atoms with Crippen LogP contribution >= 0.6 is 0 Å². The van der Waals surface area contributed by atoms with Gasteiger partial charge in [-0.1, -0.05) is 56.3 Å². The second-order valence-electron chi connectivity index (χ2n) is 6.31. The molecule has 2 aromatic carbocycles. The minimum atomic E-state index is -0.169. The van der Waals surface area contributed by atoms with Gasteiger partial charge in [0.1, 0.15) is 0 Å². The molecule has 0 fully saturated rings. The van der Waals surface area contributed by atoms with Gasteiger partial charge in [0.05, 0.1) is 0 Å². The lowest BCUT2D eigenvalue weighted by Crippen LogP contribution is -2.39. The van der Waals surface area contributed by atoms with Gasteiger partial charge in [-0.3, -0.25) is 0 Å². The summed E-state index contributed by atoms with van der Waals surface area (Å²) in [4.78, 5) is 12.1. The van der Waals surface area contributed by atoms with E-state index < -0.39 is 0 Å². The van der Waals surface area contributed by atoms with Crippen molar-refractivity contribution in [3.05, 3.63) is 65.2 Å². The molecule has 0 unspecified atom stereocenters. The minimum Gasteiger partial charge on any atom is -0.337 e. The topological polar surface area (TPSA) is 41.1 Å². The number of carbonyl (C=O) groups excluding carboxylic acids is 1. The largest absolute Gasteiger partial charge is 0.337 e. The van der Waals surface area contributed by atoms with E-state index in [-0.39, 0.29) is 11.4 Å². The third-order valence-electron chi connectivity index (χ3n) is 4.10. The van der Waals surface area contributed by atoms with E-state index in [1.807, 2.05) is 50.2 Å². The van der Waals surface area contributed by atoms with Gasteiger partial charge in [0, 0.05) is 17.6 Å². The van der Waals surface area contributed by atoms with Gasteiger partial charge in [-0.15, -0.1) is 0 Å². The smallest absolute Gasteiger partial charge is 0.319 e. The number of anilines is 1. The lowest BCUT2D eigenvalue weighted by atomic mass is 9.85. The third-order valence-corrected chi connectivity index (χ3v) is 4.10. The van der Waals surface area contributed by atoms with Gasteiger partial charge in [-0.25, -0.2) is 4.79 Å². The van der Waals surface area contributed by atoms with Crippen LogP contribution in [-0.4, -0.2) is 12.6 Å². The molecule has 0 heterocycles. The maximum Gasteiger partial charge on any atom is 0.319 e. The zero-order valence-corrected chi connectivity index (χ0v) is 13.7. The van der Waals surface area contributed by atoms with Gasteiger partial charge in [0.25, 0.3) is 0 Å². The van der Waals surface area contributed by atoms with Gasteiger partial charge in [-0.05, 0) is 36.6 Å². The molecular weight excluding hydrogens is 272 g/mol. The van der Waals surface area contributed by atoms with Gasteiger partial charge in [0.2, 0.25) is 0 Å². The molecule has 0 aromatic heterocycles. The molecule has 0 radical (unpaired) electrons. The molecule has 2 amide bonds. The zero-order chi connectivity index (χ0) is 16.2. The van der Waals surface area contributed by atoms with Crippen molar-refractivity contribution in [1.29, 1.82) is 0 Å². The normalized spacial score (nSPS) is 11.1. The van der Waals surface area contributed by atoms with Crippen LogP contribution in [0.25, 0.3) is 0 Å². The van der Waals surface area contributed by atoms with Gasteiger partial charge in [-0.2, -0.15) is 0 Å². The van der Waals surface area contributed by atoms with Crippen molar-refractivity contribution in [2.24, 2.45) is 0 Å². The first-order valence-corrected chi connectivity index (χ1v) is 7.57. The molecule has 3 heteroatoms. The lowest BCUT2D eigenvalue weighted by Gasteiger charge is -2.25. The highest BCUT2D eigenvalue weighted by Crippen LogP contribution is 2.22. The van der Waals surface area contributed by atoms with Crippen LogP contribution in [0.2, 0.25) is 0 Å². The van der Waals surface area contributed by atoms with Crippen LogP contribution < -0.4 is 10.6 Å². The summed E-state index contributed by atoms with van der Waals surface area (Å²) in [6.45, 7) is 8.88. The Labute approximate surface area is 132 Å². The molecule has 116 valence electrons. The van der Waals surface area contributed by atoms with Crippen molar-refractivity contribution in [3.63, 3.8) is 0 Å². The average molecular weight is 296 g/mol. The Kier molecular flexibility index (Phi) is 4.86. The van der Waals surface area contributed by atoms with Gasteiger partial charge >= 0.3 is 6.03 Å². The Balaban J connectivity index is 1.97. The predicted molar refractivity (Wildman–Crippen MR) is 92.4 cm³/mol. The molecular formula is C19H24N2O. The van der Waals surface area contributed by atoms with Crippen LogP contribution in [0.5, 0.6) is 0 Å². The van der Waals surface area contributed by atoms with E-state index >= 15 is 0 Å². The number of benzene rings is 2. The molecule has 0 bridgehead atoms. The fourth-order valence-electron chi connectivity index (χ4n) is 2.35. The first-order chi connectivity index (χ1) is 10.4. The van der Waals surface area contributed by atoms with Crippen molar-refractivity contribution >= 4 is 11.7 Å². The van der Waals surface area contributed by atoms with Gasteiger partial charge < -0.3 is 10.6 Å². The SMILES string of the molecule is Cc1cccc(NC(=O)NCC(C)(C)c2ccccc2)c1C. The van der Waals surface area contributed by atoms with Crippen LogP contribution in [-0.2, 0) is 5.41 Å². The van der Waals surface area contributed by atoms with E-state index in [2.05, 4.69) is 36.6 Å². The number of hydrogen-bond donors (Lipinski definition) is 2. The number of nitrogens with one attached hydrogen (secondary N) is 2. The molecule has 0 aliphatic carbocycles. The van der Waals surface area contributed by atoms with E-state index in [9.17, 15) is 4.79 Å². The summed E-state index contributed by atoms with van der Waals surface area (Å²) in [5, 5.41) is 5.89. The molecule has 3 nitrogen and oxygen atoms in total.